The van der Waals surface area contributed by atoms with Crippen LogP contribution in [0.2, 0.25) is 5.02 Å². The van der Waals surface area contributed by atoms with Gasteiger partial charge in [0, 0.05) is 25.2 Å². The third-order valence-corrected chi connectivity index (χ3v) is 4.41. The van der Waals surface area contributed by atoms with Gasteiger partial charge in [-0.1, -0.05) is 11.6 Å². The van der Waals surface area contributed by atoms with E-state index in [-0.39, 0.29) is 23.7 Å². The highest BCUT2D eigenvalue weighted by Crippen LogP contribution is 2.28. The molecule has 0 atom stereocenters. The fourth-order valence-corrected chi connectivity index (χ4v) is 3.03. The van der Waals surface area contributed by atoms with Gasteiger partial charge in [0.1, 0.15) is 11.6 Å². The number of hydrogen-bond acceptors (Lipinski definition) is 4. The fraction of sp³-hybridized carbons (Fsp3) is 0.353. The molecule has 26 heavy (non-hydrogen) atoms. The number of aromatic nitrogens is 2. The first-order chi connectivity index (χ1) is 12.5. The summed E-state index contributed by atoms with van der Waals surface area (Å²) in [5.41, 5.74) is 1.14. The fourth-order valence-electron chi connectivity index (χ4n) is 2.87. The number of rotatable bonds is 4. The van der Waals surface area contributed by atoms with Crippen molar-refractivity contribution in [2.24, 2.45) is 0 Å². The van der Waals surface area contributed by atoms with Gasteiger partial charge in [-0.05, 0) is 31.2 Å². The zero-order valence-electron chi connectivity index (χ0n) is 14.2. The minimum Gasteiger partial charge on any atom is -0.358 e. The van der Waals surface area contributed by atoms with Gasteiger partial charge in [0.25, 0.3) is 5.91 Å². The first-order valence-electron chi connectivity index (χ1n) is 8.25. The molecule has 1 aliphatic heterocycles. The molecule has 1 aromatic carbocycles. The Bertz CT molecular complexity index is 852. The third kappa shape index (κ3) is 3.71. The third-order valence-electron chi connectivity index (χ3n) is 4.18. The summed E-state index contributed by atoms with van der Waals surface area (Å²) in [6, 6.07) is 4.36. The molecule has 0 spiro atoms. The largest absolute Gasteiger partial charge is 0.358 e. The number of fused-ring (bicyclic) bond motifs is 1. The van der Waals surface area contributed by atoms with Crippen LogP contribution in [-0.4, -0.2) is 41.5 Å². The summed E-state index contributed by atoms with van der Waals surface area (Å²) >= 11 is 5.84. The first kappa shape index (κ1) is 18.3. The van der Waals surface area contributed by atoms with Gasteiger partial charge in [0.15, 0.2) is 5.69 Å². The average Bonchev–Trinajstić information content (AvgIpc) is 2.81. The Morgan fingerprint density at radius 3 is 2.96 bits per heavy atom. The number of halogens is 2. The number of hydrogen-bond donors (Lipinski definition) is 3. The lowest BCUT2D eigenvalue weighted by Gasteiger charge is -2.09. The number of nitrogens with zero attached hydrogens (tertiary/aromatic N) is 2. The zero-order chi connectivity index (χ0) is 18.7. The average molecular weight is 380 g/mol. The van der Waals surface area contributed by atoms with Crippen molar-refractivity contribution in [1.29, 1.82) is 0 Å². The molecule has 0 radical (unpaired) electrons. The summed E-state index contributed by atoms with van der Waals surface area (Å²) in [5.74, 6) is -0.907. The van der Waals surface area contributed by atoms with E-state index in [1.165, 1.54) is 13.1 Å². The number of likely N-dealkylation sites (N-methyl/N-ethyl adjacent to an activating group) is 1. The second-order valence-corrected chi connectivity index (χ2v) is 6.33. The van der Waals surface area contributed by atoms with Gasteiger partial charge in [0.05, 0.1) is 17.8 Å². The van der Waals surface area contributed by atoms with Crippen molar-refractivity contribution >= 4 is 23.4 Å². The number of nitrogens with one attached hydrogen (secondary N) is 3. The van der Waals surface area contributed by atoms with Gasteiger partial charge in [0.2, 0.25) is 5.91 Å². The van der Waals surface area contributed by atoms with Crippen molar-refractivity contribution in [3.05, 3.63) is 40.4 Å². The molecule has 1 aromatic heterocycles. The number of imidazole rings is 1. The van der Waals surface area contributed by atoms with E-state index >= 15 is 0 Å². The molecule has 0 saturated heterocycles. The summed E-state index contributed by atoms with van der Waals surface area (Å²) in [6.07, 6.45) is 0.824. The Hall–Kier alpha value is -2.45. The molecular weight excluding hydrogens is 361 g/mol. The molecule has 9 heteroatoms. The van der Waals surface area contributed by atoms with Crippen molar-refractivity contribution in [3.8, 4) is 11.4 Å². The first-order valence-corrected chi connectivity index (χ1v) is 8.63. The maximum atomic E-state index is 14.4. The van der Waals surface area contributed by atoms with E-state index < -0.39 is 11.7 Å². The predicted molar refractivity (Wildman–Crippen MR) is 95.4 cm³/mol. The van der Waals surface area contributed by atoms with E-state index in [2.05, 4.69) is 20.9 Å². The summed E-state index contributed by atoms with van der Waals surface area (Å²) < 4.78 is 16.3. The van der Waals surface area contributed by atoms with E-state index in [1.807, 2.05) is 4.57 Å². The summed E-state index contributed by atoms with van der Waals surface area (Å²) in [4.78, 5) is 28.3. The topological polar surface area (TPSA) is 88.1 Å². The predicted octanol–water partition coefficient (Wildman–Crippen LogP) is 1.31. The molecule has 2 amide bonds. The van der Waals surface area contributed by atoms with Crippen LogP contribution in [0.4, 0.5) is 4.39 Å². The van der Waals surface area contributed by atoms with Crippen LogP contribution in [0.25, 0.3) is 11.4 Å². The molecule has 7 nitrogen and oxygen atoms in total. The van der Waals surface area contributed by atoms with E-state index in [4.69, 9.17) is 11.6 Å². The molecule has 0 bridgehead atoms. The summed E-state index contributed by atoms with van der Waals surface area (Å²) in [6.45, 7) is 1.67. The molecule has 1 aliphatic rings. The lowest BCUT2D eigenvalue weighted by molar-refractivity contribution is -0.119. The van der Waals surface area contributed by atoms with Crippen molar-refractivity contribution in [2.45, 2.75) is 19.5 Å². The van der Waals surface area contributed by atoms with Crippen LogP contribution < -0.4 is 16.0 Å². The van der Waals surface area contributed by atoms with Crippen molar-refractivity contribution in [1.82, 2.24) is 25.5 Å². The van der Waals surface area contributed by atoms with Crippen LogP contribution in [0, 0.1) is 5.82 Å². The van der Waals surface area contributed by atoms with Crippen LogP contribution >= 0.6 is 11.6 Å². The monoisotopic (exact) mass is 379 g/mol. The van der Waals surface area contributed by atoms with E-state index in [9.17, 15) is 14.0 Å². The summed E-state index contributed by atoms with van der Waals surface area (Å²) in [7, 11) is 1.49. The van der Waals surface area contributed by atoms with Gasteiger partial charge in [-0.2, -0.15) is 0 Å². The Balaban J connectivity index is 2.02. The molecule has 0 saturated carbocycles. The van der Waals surface area contributed by atoms with Gasteiger partial charge in [-0.25, -0.2) is 9.37 Å². The molecule has 3 N–H and O–H groups in total. The number of carbonyl (C=O) groups is 2. The van der Waals surface area contributed by atoms with Crippen molar-refractivity contribution in [2.75, 3.05) is 20.1 Å². The second kappa shape index (κ2) is 7.84. The molecule has 0 aliphatic carbocycles. The van der Waals surface area contributed by atoms with Gasteiger partial charge in [-0.3, -0.25) is 9.59 Å². The van der Waals surface area contributed by atoms with Crippen LogP contribution in [0.1, 0.15) is 22.6 Å². The van der Waals surface area contributed by atoms with Crippen molar-refractivity contribution < 1.29 is 14.0 Å². The van der Waals surface area contributed by atoms with Gasteiger partial charge < -0.3 is 20.5 Å². The van der Waals surface area contributed by atoms with Crippen LogP contribution in [0.3, 0.4) is 0 Å². The quantitative estimate of drug-likeness (QED) is 0.747. The zero-order valence-corrected chi connectivity index (χ0v) is 15.0. The number of benzene rings is 1. The normalized spacial score (nSPS) is 13.7. The molecule has 138 valence electrons. The molecular formula is C17H19ClFN5O2. The highest BCUT2D eigenvalue weighted by Gasteiger charge is 2.25. The minimum absolute atomic E-state index is 0.153. The SMILES string of the molecule is CNC(=O)CNC(=O)c1nc(-c2ccc(Cl)cc2F)n2c1CNCCC2. The van der Waals surface area contributed by atoms with Crippen LogP contribution in [-0.2, 0) is 17.9 Å². The maximum Gasteiger partial charge on any atom is 0.272 e. The van der Waals surface area contributed by atoms with Gasteiger partial charge in [-0.15, -0.1) is 0 Å². The Labute approximate surface area is 154 Å². The minimum atomic E-state index is -0.500. The van der Waals surface area contributed by atoms with Crippen LogP contribution in [0.15, 0.2) is 18.2 Å². The Morgan fingerprint density at radius 1 is 1.42 bits per heavy atom. The molecule has 0 fully saturated rings. The van der Waals surface area contributed by atoms with Crippen molar-refractivity contribution in [3.63, 3.8) is 0 Å². The lowest BCUT2D eigenvalue weighted by atomic mass is 10.2. The lowest BCUT2D eigenvalue weighted by Crippen LogP contribution is -2.35. The molecule has 3 rings (SSSR count). The number of carbonyl (C=O) groups excluding carboxylic acids is 2. The highest BCUT2D eigenvalue weighted by atomic mass is 35.5. The Kier molecular flexibility index (Phi) is 5.53. The molecule has 2 heterocycles. The molecule has 0 unspecified atom stereocenters. The maximum absolute atomic E-state index is 14.4. The van der Waals surface area contributed by atoms with E-state index in [1.54, 1.807) is 12.1 Å². The Morgan fingerprint density at radius 2 is 2.23 bits per heavy atom. The van der Waals surface area contributed by atoms with Gasteiger partial charge >= 0.3 is 0 Å². The second-order valence-electron chi connectivity index (χ2n) is 5.89. The summed E-state index contributed by atoms with van der Waals surface area (Å²) in [5, 5.41) is 8.49. The van der Waals surface area contributed by atoms with E-state index in [0.29, 0.717) is 29.6 Å². The van der Waals surface area contributed by atoms with E-state index in [0.717, 1.165) is 13.0 Å². The standard InChI is InChI=1S/C17H19ClFN5O2/c1-20-14(25)9-22-17(26)15-13-8-21-5-2-6-24(13)16(23-15)11-4-3-10(18)7-12(11)19/h3-4,7,21H,2,5-6,8-9H2,1H3,(H,20,25)(H,22,26). The smallest absolute Gasteiger partial charge is 0.272 e. The molecule has 2 aromatic rings. The van der Waals surface area contributed by atoms with Crippen LogP contribution in [0.5, 0.6) is 0 Å². The highest BCUT2D eigenvalue weighted by molar-refractivity contribution is 6.30. The number of amides is 2.